The molecule has 0 spiro atoms. The number of benzene rings is 2. The summed E-state index contributed by atoms with van der Waals surface area (Å²) in [6, 6.07) is 18.0. The lowest BCUT2D eigenvalue weighted by molar-refractivity contribution is -0.502. The molecule has 6 aromatic rings. The molecule has 10 rings (SSSR count). The number of imidazole rings is 2. The summed E-state index contributed by atoms with van der Waals surface area (Å²) in [5, 5.41) is 52.3. The van der Waals surface area contributed by atoms with Gasteiger partial charge < -0.3 is 55.4 Å². The van der Waals surface area contributed by atoms with Crippen LogP contribution in [0.2, 0.25) is 5.15 Å². The number of ketones is 1. The number of nitro groups is 1. The highest BCUT2D eigenvalue weighted by atomic mass is 35.5. The zero-order valence-electron chi connectivity index (χ0n) is 45.5. The fourth-order valence-electron chi connectivity index (χ4n) is 8.92. The van der Waals surface area contributed by atoms with Crippen molar-refractivity contribution in [2.75, 3.05) is 105 Å². The monoisotopic (exact) mass is 1170 g/mol. The van der Waals surface area contributed by atoms with Crippen molar-refractivity contribution in [3.05, 3.63) is 100 Å². The van der Waals surface area contributed by atoms with Crippen molar-refractivity contribution in [1.29, 1.82) is 0 Å². The van der Waals surface area contributed by atoms with Crippen LogP contribution in [-0.4, -0.2) is 205 Å². The molecule has 2 aromatic carbocycles. The lowest BCUT2D eigenvalue weighted by Crippen LogP contribution is -2.47. The second-order valence-corrected chi connectivity index (χ2v) is 21.2. The number of carbonyl (C=O) groups excluding carboxylic acids is 1. The van der Waals surface area contributed by atoms with Crippen LogP contribution in [0.25, 0.3) is 33.8 Å². The third kappa shape index (κ3) is 20.6. The Morgan fingerprint density at radius 2 is 1.06 bits per heavy atom. The Morgan fingerprint density at radius 3 is 1.49 bits per heavy atom. The quantitative estimate of drug-likeness (QED) is 0.0557. The Kier molecular flexibility index (Phi) is 22.2. The molecule has 444 valence electrons. The Labute approximate surface area is 469 Å². The predicted molar refractivity (Wildman–Crippen MR) is 291 cm³/mol. The second-order valence-electron chi connectivity index (χ2n) is 20.8. The van der Waals surface area contributed by atoms with Gasteiger partial charge in [-0.2, -0.15) is 5.10 Å². The summed E-state index contributed by atoms with van der Waals surface area (Å²) in [6.45, 7) is 7.42. The molecule has 0 saturated carbocycles. The van der Waals surface area contributed by atoms with E-state index in [0.29, 0.717) is 84.2 Å². The first-order chi connectivity index (χ1) is 38.1. The topological polar surface area (TPSA) is 251 Å². The number of rotatable bonds is 10. The normalized spacial score (nSPS) is 18.6. The van der Waals surface area contributed by atoms with Gasteiger partial charge in [0.1, 0.15) is 33.9 Å². The van der Waals surface area contributed by atoms with Crippen LogP contribution in [-0.2, 0) is 4.79 Å². The molecular weight excluding hydrogens is 1100 g/mol. The molecule has 4 aliphatic heterocycles. The minimum atomic E-state index is -4.76. The molecule has 0 bridgehead atoms. The second kappa shape index (κ2) is 28.1. The highest BCUT2D eigenvalue weighted by molar-refractivity contribution is 6.29. The molecule has 8 heterocycles. The van der Waals surface area contributed by atoms with Crippen LogP contribution in [0.3, 0.4) is 0 Å². The molecule has 0 unspecified atom stereocenters. The molecule has 4 saturated heterocycles. The summed E-state index contributed by atoms with van der Waals surface area (Å²) in [6.07, 6.45) is -0.944. The SMILES string of the molecule is CN1CCC(=O)CC1.CN1CCC(O)(CN)CC1.CN1CCC(O)(CNc2ccc3ncc(-c4cccc(OC(F)(F)F)c4)n3n2)CC1.CN1CCC(O)(C[N+](=O)[O-])CC1.FC(F)(F)Oc1cccc(-c2cnc3ccc(Cl)nn23)c1. The molecule has 4 aromatic heterocycles. The van der Waals surface area contributed by atoms with Crippen molar-refractivity contribution in [3.8, 4) is 34.0 Å². The maximum atomic E-state index is 12.5. The van der Waals surface area contributed by atoms with Gasteiger partial charge in [-0.05, 0) is 115 Å². The highest BCUT2D eigenvalue weighted by Crippen LogP contribution is 2.31. The molecular formula is C53H70ClF6N13O8. The maximum Gasteiger partial charge on any atom is 0.573 e. The number of aromatic nitrogens is 6. The fraction of sp³-hybridized carbons (Fsp3) is 0.528. The molecule has 4 aliphatic rings. The number of likely N-dealkylation sites (tertiary alicyclic amines) is 4. The molecule has 0 amide bonds. The predicted octanol–water partition coefficient (Wildman–Crippen LogP) is 6.51. The maximum absolute atomic E-state index is 12.5. The summed E-state index contributed by atoms with van der Waals surface area (Å²) in [7, 11) is 8.09. The average Bonchev–Trinajstić information content (AvgIpc) is 4.19. The number of carbonyl (C=O) groups is 1. The van der Waals surface area contributed by atoms with Crippen molar-refractivity contribution in [3.63, 3.8) is 0 Å². The van der Waals surface area contributed by atoms with Crippen molar-refractivity contribution >= 4 is 34.5 Å². The van der Waals surface area contributed by atoms with Crippen LogP contribution in [0.5, 0.6) is 11.5 Å². The smallest absolute Gasteiger partial charge is 0.406 e. The summed E-state index contributed by atoms with van der Waals surface area (Å²) in [4.78, 5) is 37.3. The number of Topliss-reactive ketones (excluding diaryl/α,β-unsaturated/α-hetero) is 1. The summed E-state index contributed by atoms with van der Waals surface area (Å²) >= 11 is 5.82. The number of hydrogen-bond donors (Lipinski definition) is 5. The summed E-state index contributed by atoms with van der Waals surface area (Å²) in [5.41, 5.74) is 6.10. The molecule has 0 atom stereocenters. The number of hydrogen-bond acceptors (Lipinski definition) is 18. The highest BCUT2D eigenvalue weighted by Gasteiger charge is 2.37. The minimum Gasteiger partial charge on any atom is -0.406 e. The van der Waals surface area contributed by atoms with Gasteiger partial charge in [-0.1, -0.05) is 35.9 Å². The van der Waals surface area contributed by atoms with E-state index < -0.39 is 34.5 Å². The Bertz CT molecular complexity index is 2970. The Hall–Kier alpha value is -6.30. The molecule has 6 N–H and O–H groups in total. The van der Waals surface area contributed by atoms with E-state index in [1.54, 1.807) is 47.1 Å². The van der Waals surface area contributed by atoms with E-state index in [1.807, 2.05) is 21.1 Å². The zero-order chi connectivity index (χ0) is 59.2. The standard InChI is InChI=1S/C20H22F3N5O2.C13H7ClF3N3O.C7H14N2O3.C7H16N2O.C6H11NO/c1-27-9-7-19(29,8-10-27)13-25-17-5-6-18-24-12-16(28(18)26-17)14-3-2-4-15(11-14)30-20(21,22)23;14-11-4-5-12-18-7-10(20(12)19-11)8-2-1-3-9(6-8)21-13(15,16)17;1-8-4-2-7(10,3-5-8)6-9(11)12;1-9-4-2-7(10,6-8)3-5-9;1-7-4-2-6(8)3-5-7/h2-6,11-12,29H,7-10,13H2,1H3,(H,25,26);1-7H;10H,2-6H2,1H3;10H,2-6,8H2,1H3;2-5H2,1H3. The largest absolute Gasteiger partial charge is 0.573 e. The van der Waals surface area contributed by atoms with Gasteiger partial charge in [0.05, 0.1) is 35.0 Å². The number of piperidine rings is 4. The van der Waals surface area contributed by atoms with Crippen LogP contribution >= 0.6 is 11.6 Å². The molecule has 0 radical (unpaired) electrons. The van der Waals surface area contributed by atoms with Crippen LogP contribution < -0.4 is 20.5 Å². The number of anilines is 1. The molecule has 81 heavy (non-hydrogen) atoms. The zero-order valence-corrected chi connectivity index (χ0v) is 46.3. The van der Waals surface area contributed by atoms with E-state index >= 15 is 0 Å². The van der Waals surface area contributed by atoms with Gasteiger partial charge in [-0.15, -0.1) is 31.4 Å². The van der Waals surface area contributed by atoms with Crippen molar-refractivity contribution in [2.45, 2.75) is 80.9 Å². The molecule has 28 heteroatoms. The number of ether oxygens (including phenoxy) is 2. The third-order valence-corrected chi connectivity index (χ3v) is 14.3. The number of aliphatic hydroxyl groups is 3. The van der Waals surface area contributed by atoms with E-state index in [9.17, 15) is 56.6 Å². The van der Waals surface area contributed by atoms with Crippen LogP contribution in [0, 0.1) is 10.1 Å². The minimum absolute atomic E-state index is 0.254. The number of halogens is 7. The Balaban J connectivity index is 0.000000179. The Morgan fingerprint density at radius 1 is 0.642 bits per heavy atom. The van der Waals surface area contributed by atoms with Gasteiger partial charge in [-0.3, -0.25) is 14.9 Å². The molecule has 0 aliphatic carbocycles. The molecule has 21 nitrogen and oxygen atoms in total. The van der Waals surface area contributed by atoms with Gasteiger partial charge in [0.2, 0.25) is 6.54 Å². The number of nitrogens with zero attached hydrogens (tertiary/aromatic N) is 11. The fourth-order valence-corrected chi connectivity index (χ4v) is 9.06. The first-order valence-electron chi connectivity index (χ1n) is 26.2. The van der Waals surface area contributed by atoms with Gasteiger partial charge >= 0.3 is 12.7 Å². The number of alkyl halides is 6. The first-order valence-corrected chi connectivity index (χ1v) is 26.5. The van der Waals surface area contributed by atoms with E-state index in [0.717, 1.165) is 78.0 Å². The number of nitrogens with two attached hydrogens (primary N) is 1. The number of fused-ring (bicyclic) bond motifs is 2. The lowest BCUT2D eigenvalue weighted by Gasteiger charge is -2.36. The van der Waals surface area contributed by atoms with Crippen LogP contribution in [0.15, 0.2) is 85.2 Å². The van der Waals surface area contributed by atoms with Crippen LogP contribution in [0.4, 0.5) is 32.2 Å². The van der Waals surface area contributed by atoms with Gasteiger partial charge in [-0.25, -0.2) is 19.0 Å². The van der Waals surface area contributed by atoms with Crippen LogP contribution in [0.1, 0.15) is 51.4 Å². The number of nitrogens with one attached hydrogen (secondary N) is 1. The summed E-state index contributed by atoms with van der Waals surface area (Å²) in [5.74, 6) is 0.339. The third-order valence-electron chi connectivity index (χ3n) is 14.1. The van der Waals surface area contributed by atoms with E-state index in [2.05, 4.69) is 61.6 Å². The lowest BCUT2D eigenvalue weighted by atomic mass is 9.91. The van der Waals surface area contributed by atoms with Gasteiger partial charge in [0.15, 0.2) is 11.3 Å². The molecule has 4 fully saturated rings. The van der Waals surface area contributed by atoms with Crippen molar-refractivity contribution in [2.24, 2.45) is 5.73 Å². The van der Waals surface area contributed by atoms with Crippen molar-refractivity contribution in [1.82, 2.24) is 48.8 Å². The van der Waals surface area contributed by atoms with Gasteiger partial charge in [0, 0.05) is 94.3 Å². The first kappa shape index (κ1) is 63.9. The van der Waals surface area contributed by atoms with E-state index in [4.69, 9.17) is 17.3 Å². The van der Waals surface area contributed by atoms with E-state index in [-0.39, 0.29) is 23.2 Å². The van der Waals surface area contributed by atoms with Gasteiger partial charge in [0.25, 0.3) is 0 Å². The summed E-state index contributed by atoms with van der Waals surface area (Å²) < 4.78 is 85.3. The average molecular weight is 1170 g/mol. The van der Waals surface area contributed by atoms with E-state index in [1.165, 1.54) is 47.1 Å². The van der Waals surface area contributed by atoms with Crippen molar-refractivity contribution < 1.29 is 60.9 Å².